The molecule has 0 saturated heterocycles. The zero-order chi connectivity index (χ0) is 13.0. The second kappa shape index (κ2) is 5.25. The summed E-state index contributed by atoms with van der Waals surface area (Å²) in [5.74, 6) is -2.37. The highest BCUT2D eigenvalue weighted by Gasteiger charge is 2.27. The van der Waals surface area contributed by atoms with Crippen molar-refractivity contribution in [1.82, 2.24) is 0 Å². The van der Waals surface area contributed by atoms with Gasteiger partial charge in [0, 0.05) is 11.1 Å². The fourth-order valence-corrected chi connectivity index (χ4v) is 1.27. The van der Waals surface area contributed by atoms with Gasteiger partial charge >= 0.3 is 17.9 Å². The predicted molar refractivity (Wildman–Crippen MR) is 58.9 cm³/mol. The van der Waals surface area contributed by atoms with Crippen molar-refractivity contribution in [3.63, 3.8) is 0 Å². The van der Waals surface area contributed by atoms with Crippen LogP contribution < -0.4 is 0 Å². The fraction of sp³-hybridized carbons (Fsp3) is 0.250. The number of hydrogen-bond donors (Lipinski definition) is 1. The van der Waals surface area contributed by atoms with E-state index in [9.17, 15) is 14.4 Å². The molecule has 1 rings (SSSR count). The van der Waals surface area contributed by atoms with E-state index in [1.807, 2.05) is 0 Å². The average molecular weight is 236 g/mol. The smallest absolute Gasteiger partial charge is 0.346 e. The monoisotopic (exact) mass is 236 g/mol. The summed E-state index contributed by atoms with van der Waals surface area (Å²) in [6, 6.07) is 0. The van der Waals surface area contributed by atoms with E-state index >= 15 is 0 Å². The molecule has 0 aromatic heterocycles. The normalized spacial score (nSPS) is 16.9. The third-order valence-electron chi connectivity index (χ3n) is 2.33. The summed E-state index contributed by atoms with van der Waals surface area (Å²) < 4.78 is 4.38. The topological polar surface area (TPSA) is 80.7 Å². The van der Waals surface area contributed by atoms with E-state index in [1.54, 1.807) is 6.92 Å². The molecule has 90 valence electrons. The van der Waals surface area contributed by atoms with E-state index in [-0.39, 0.29) is 16.7 Å². The molecular weight excluding hydrogens is 224 g/mol. The number of carboxylic acids is 1. The number of carboxylic acid groups (broad SMARTS) is 1. The summed E-state index contributed by atoms with van der Waals surface area (Å²) in [5.41, 5.74) is 0.609. The van der Waals surface area contributed by atoms with Gasteiger partial charge in [-0.3, -0.25) is 0 Å². The Kier molecular flexibility index (Phi) is 3.98. The second-order valence-electron chi connectivity index (χ2n) is 3.43. The standard InChI is InChI=1S/C12H12O5/c1-3-8(10(13)14)5-4-6-9-7(2)11(15)17-12(9)16/h4-6H,3H2,1-2H3,(H,13,14). The lowest BCUT2D eigenvalue weighted by Crippen LogP contribution is -2.01. The van der Waals surface area contributed by atoms with Gasteiger partial charge in [0.05, 0.1) is 5.57 Å². The van der Waals surface area contributed by atoms with E-state index in [2.05, 4.69) is 4.74 Å². The summed E-state index contributed by atoms with van der Waals surface area (Å²) in [4.78, 5) is 32.9. The molecule has 0 amide bonds. The molecule has 1 aliphatic heterocycles. The highest BCUT2D eigenvalue weighted by Crippen LogP contribution is 2.17. The molecule has 1 N–H and O–H groups in total. The van der Waals surface area contributed by atoms with Crippen LogP contribution in [-0.4, -0.2) is 23.0 Å². The summed E-state index contributed by atoms with van der Waals surface area (Å²) >= 11 is 0. The van der Waals surface area contributed by atoms with Crippen LogP contribution in [0.25, 0.3) is 0 Å². The van der Waals surface area contributed by atoms with Crippen molar-refractivity contribution in [1.29, 1.82) is 0 Å². The summed E-state index contributed by atoms with van der Waals surface area (Å²) in [5, 5.41) is 8.75. The number of allylic oxidation sites excluding steroid dienone is 2. The number of rotatable bonds is 4. The quantitative estimate of drug-likeness (QED) is 0.345. The maximum Gasteiger partial charge on any atom is 0.346 e. The molecule has 0 saturated carbocycles. The number of cyclic esters (lactones) is 2. The first-order valence-corrected chi connectivity index (χ1v) is 5.05. The Morgan fingerprint density at radius 1 is 1.35 bits per heavy atom. The first-order chi connectivity index (χ1) is 7.97. The van der Waals surface area contributed by atoms with Gasteiger partial charge in [0.15, 0.2) is 0 Å². The minimum absolute atomic E-state index is 0.159. The molecule has 0 bridgehead atoms. The number of carbonyl (C=O) groups is 3. The third-order valence-corrected chi connectivity index (χ3v) is 2.33. The van der Waals surface area contributed by atoms with Gasteiger partial charge in [-0.15, -0.1) is 0 Å². The Hall–Kier alpha value is -2.17. The maximum atomic E-state index is 11.2. The molecule has 1 aliphatic rings. The summed E-state index contributed by atoms with van der Waals surface area (Å²) in [6.45, 7) is 3.19. The second-order valence-corrected chi connectivity index (χ2v) is 3.43. The molecule has 5 heteroatoms. The van der Waals surface area contributed by atoms with Crippen LogP contribution in [0, 0.1) is 0 Å². The first-order valence-electron chi connectivity index (χ1n) is 5.05. The van der Waals surface area contributed by atoms with Crippen molar-refractivity contribution in [3.8, 4) is 0 Å². The fourth-order valence-electron chi connectivity index (χ4n) is 1.27. The summed E-state index contributed by atoms with van der Waals surface area (Å²) in [7, 11) is 0. The Labute approximate surface area is 98.1 Å². The third kappa shape index (κ3) is 2.90. The van der Waals surface area contributed by atoms with Crippen molar-refractivity contribution in [2.24, 2.45) is 0 Å². The van der Waals surface area contributed by atoms with Crippen LogP contribution in [0.4, 0.5) is 0 Å². The van der Waals surface area contributed by atoms with Crippen molar-refractivity contribution >= 4 is 17.9 Å². The molecule has 0 atom stereocenters. The van der Waals surface area contributed by atoms with E-state index in [4.69, 9.17) is 5.11 Å². The molecule has 0 unspecified atom stereocenters. The average Bonchev–Trinajstić information content (AvgIpc) is 2.49. The lowest BCUT2D eigenvalue weighted by atomic mass is 10.1. The van der Waals surface area contributed by atoms with Gasteiger partial charge in [0.2, 0.25) is 0 Å². The van der Waals surface area contributed by atoms with Gasteiger partial charge in [-0.25, -0.2) is 14.4 Å². The van der Waals surface area contributed by atoms with Crippen molar-refractivity contribution in [3.05, 3.63) is 34.9 Å². The SMILES string of the molecule is CCC(=CC=CC1=C(C)C(=O)OC1=O)C(=O)O. The van der Waals surface area contributed by atoms with Crippen LogP contribution in [-0.2, 0) is 19.1 Å². The van der Waals surface area contributed by atoms with Gasteiger partial charge in [-0.05, 0) is 19.4 Å². The minimum Gasteiger partial charge on any atom is -0.478 e. The molecule has 17 heavy (non-hydrogen) atoms. The van der Waals surface area contributed by atoms with E-state index < -0.39 is 17.9 Å². The zero-order valence-electron chi connectivity index (χ0n) is 9.52. The van der Waals surface area contributed by atoms with E-state index in [0.29, 0.717) is 6.42 Å². The Balaban J connectivity index is 2.89. The van der Waals surface area contributed by atoms with Crippen LogP contribution in [0.5, 0.6) is 0 Å². The van der Waals surface area contributed by atoms with Crippen LogP contribution >= 0.6 is 0 Å². The molecule has 0 spiro atoms. The number of carbonyl (C=O) groups excluding carboxylic acids is 2. The van der Waals surface area contributed by atoms with Crippen molar-refractivity contribution in [2.45, 2.75) is 20.3 Å². The van der Waals surface area contributed by atoms with Crippen LogP contribution in [0.1, 0.15) is 20.3 Å². The maximum absolute atomic E-state index is 11.2. The minimum atomic E-state index is -1.01. The molecule has 0 aromatic carbocycles. The predicted octanol–water partition coefficient (Wildman–Crippen LogP) is 1.36. The van der Waals surface area contributed by atoms with Gasteiger partial charge in [0.1, 0.15) is 0 Å². The van der Waals surface area contributed by atoms with Crippen molar-refractivity contribution in [2.75, 3.05) is 0 Å². The molecule has 0 radical (unpaired) electrons. The Morgan fingerprint density at radius 3 is 2.41 bits per heavy atom. The van der Waals surface area contributed by atoms with Crippen LogP contribution in [0.15, 0.2) is 34.9 Å². The van der Waals surface area contributed by atoms with Gasteiger partial charge in [-0.2, -0.15) is 0 Å². The lowest BCUT2D eigenvalue weighted by molar-refractivity contribution is -0.151. The van der Waals surface area contributed by atoms with Crippen LogP contribution in [0.3, 0.4) is 0 Å². The number of ether oxygens (including phenoxy) is 1. The largest absolute Gasteiger partial charge is 0.478 e. The Bertz CT molecular complexity index is 465. The van der Waals surface area contributed by atoms with E-state index in [0.717, 1.165) is 0 Å². The highest BCUT2D eigenvalue weighted by molar-refractivity contribution is 6.13. The molecule has 0 aromatic rings. The summed E-state index contributed by atoms with van der Waals surface area (Å²) in [6.07, 6.45) is 4.56. The van der Waals surface area contributed by atoms with Crippen molar-refractivity contribution < 1.29 is 24.2 Å². The molecule has 5 nitrogen and oxygen atoms in total. The first kappa shape index (κ1) is 12.9. The molecule has 0 aliphatic carbocycles. The van der Waals surface area contributed by atoms with Gasteiger partial charge in [-0.1, -0.05) is 19.1 Å². The molecule has 0 fully saturated rings. The lowest BCUT2D eigenvalue weighted by Gasteiger charge is -1.93. The van der Waals surface area contributed by atoms with E-state index in [1.165, 1.54) is 25.2 Å². The van der Waals surface area contributed by atoms with Crippen LogP contribution in [0.2, 0.25) is 0 Å². The molecule has 1 heterocycles. The number of aliphatic carboxylic acids is 1. The molecular formula is C12H12O5. The highest BCUT2D eigenvalue weighted by atomic mass is 16.6. The zero-order valence-corrected chi connectivity index (χ0v) is 9.52. The number of hydrogen-bond acceptors (Lipinski definition) is 4. The Morgan fingerprint density at radius 2 is 2.00 bits per heavy atom. The van der Waals surface area contributed by atoms with Gasteiger partial charge < -0.3 is 9.84 Å². The number of esters is 2. The van der Waals surface area contributed by atoms with Gasteiger partial charge in [0.25, 0.3) is 0 Å².